The summed E-state index contributed by atoms with van der Waals surface area (Å²) in [6.07, 6.45) is 4.32. The van der Waals surface area contributed by atoms with E-state index in [1.165, 1.54) is 6.33 Å². The molecular weight excluding hydrogens is 270 g/mol. The van der Waals surface area contributed by atoms with Crippen molar-refractivity contribution < 1.29 is 9.57 Å². The zero-order valence-electron chi connectivity index (χ0n) is 12.7. The van der Waals surface area contributed by atoms with Crippen LogP contribution in [0.5, 0.6) is 5.88 Å². The Bertz CT molecular complexity index is 538. The van der Waals surface area contributed by atoms with Gasteiger partial charge in [0.25, 0.3) is 0 Å². The molecule has 3 rings (SSSR count). The molecule has 0 aromatic carbocycles. The molecule has 1 aromatic rings. The van der Waals surface area contributed by atoms with Crippen molar-refractivity contribution >= 4 is 11.7 Å². The smallest absolute Gasteiger partial charge is 0.218 e. The Balaban J connectivity index is 1.63. The Hall–Kier alpha value is -2.05. The number of anilines is 1. The van der Waals surface area contributed by atoms with Crippen LogP contribution in [0.2, 0.25) is 0 Å². The number of rotatable bonds is 2. The second-order valence-corrected chi connectivity index (χ2v) is 5.76. The van der Waals surface area contributed by atoms with Gasteiger partial charge in [-0.2, -0.15) is 0 Å². The third-order valence-electron chi connectivity index (χ3n) is 4.18. The van der Waals surface area contributed by atoms with E-state index in [1.807, 2.05) is 25.1 Å². The van der Waals surface area contributed by atoms with E-state index in [9.17, 15) is 0 Å². The zero-order valence-corrected chi connectivity index (χ0v) is 12.7. The highest BCUT2D eigenvalue weighted by atomic mass is 16.7. The van der Waals surface area contributed by atoms with Crippen molar-refractivity contribution in [3.63, 3.8) is 0 Å². The number of ether oxygens (including phenoxy) is 1. The summed E-state index contributed by atoms with van der Waals surface area (Å²) < 4.78 is 5.15. The Kier molecular flexibility index (Phi) is 3.57. The average molecular weight is 291 g/mol. The molecule has 7 heteroatoms. The fraction of sp³-hybridized carbons (Fsp3) is 0.643. The van der Waals surface area contributed by atoms with Crippen LogP contribution < -0.4 is 9.64 Å². The van der Waals surface area contributed by atoms with Gasteiger partial charge in [0.1, 0.15) is 23.6 Å². The maximum Gasteiger partial charge on any atom is 0.218 e. The molecule has 0 bridgehead atoms. The van der Waals surface area contributed by atoms with Gasteiger partial charge in [-0.3, -0.25) is 0 Å². The summed E-state index contributed by atoms with van der Waals surface area (Å²) in [4.78, 5) is 18.4. The highest BCUT2D eigenvalue weighted by molar-refractivity contribution is 5.83. The summed E-state index contributed by atoms with van der Waals surface area (Å²) in [5, 5.41) is 4.22. The second-order valence-electron chi connectivity index (χ2n) is 5.76. The van der Waals surface area contributed by atoms with Gasteiger partial charge >= 0.3 is 0 Å². The van der Waals surface area contributed by atoms with E-state index in [1.54, 1.807) is 7.11 Å². The first-order valence-corrected chi connectivity index (χ1v) is 7.15. The first-order chi connectivity index (χ1) is 10.1. The Morgan fingerprint density at radius 2 is 2.05 bits per heavy atom. The summed E-state index contributed by atoms with van der Waals surface area (Å²) in [6.45, 7) is 1.80. The summed E-state index contributed by atoms with van der Waals surface area (Å²) in [6, 6.07) is 1.87. The zero-order chi connectivity index (χ0) is 14.9. The Morgan fingerprint density at radius 1 is 1.29 bits per heavy atom. The van der Waals surface area contributed by atoms with Gasteiger partial charge in [-0.05, 0) is 0 Å². The molecule has 1 aromatic heterocycles. The molecule has 2 aliphatic heterocycles. The van der Waals surface area contributed by atoms with Gasteiger partial charge in [0, 0.05) is 46.1 Å². The second kappa shape index (κ2) is 5.38. The van der Waals surface area contributed by atoms with E-state index in [0.717, 1.165) is 44.0 Å². The van der Waals surface area contributed by atoms with Crippen LogP contribution in [-0.2, 0) is 4.84 Å². The van der Waals surface area contributed by atoms with E-state index < -0.39 is 0 Å². The Morgan fingerprint density at radius 3 is 2.67 bits per heavy atom. The Labute approximate surface area is 124 Å². The number of piperidine rings is 1. The SMILES string of the molecule is COc1cc(N2CCC3(CC2)CC(N(C)C)=NO3)ncn1. The molecule has 0 unspecified atom stereocenters. The number of nitrogens with zero attached hydrogens (tertiary/aromatic N) is 5. The van der Waals surface area contributed by atoms with E-state index in [4.69, 9.17) is 9.57 Å². The van der Waals surface area contributed by atoms with Crippen LogP contribution >= 0.6 is 0 Å². The van der Waals surface area contributed by atoms with Crippen molar-refractivity contribution in [1.82, 2.24) is 14.9 Å². The fourth-order valence-electron chi connectivity index (χ4n) is 2.77. The molecule has 0 aliphatic carbocycles. The van der Waals surface area contributed by atoms with Crippen molar-refractivity contribution in [1.29, 1.82) is 0 Å². The van der Waals surface area contributed by atoms with E-state index in [2.05, 4.69) is 20.0 Å². The summed E-state index contributed by atoms with van der Waals surface area (Å²) in [5.41, 5.74) is -0.132. The summed E-state index contributed by atoms with van der Waals surface area (Å²) >= 11 is 0. The maximum absolute atomic E-state index is 5.75. The van der Waals surface area contributed by atoms with Crippen molar-refractivity contribution in [2.45, 2.75) is 24.9 Å². The quantitative estimate of drug-likeness (QED) is 0.813. The van der Waals surface area contributed by atoms with Crippen LogP contribution in [0.3, 0.4) is 0 Å². The molecule has 1 saturated heterocycles. The van der Waals surface area contributed by atoms with Crippen molar-refractivity contribution in [3.8, 4) is 5.88 Å². The molecule has 7 nitrogen and oxygen atoms in total. The third-order valence-corrected chi connectivity index (χ3v) is 4.18. The molecule has 0 amide bonds. The summed E-state index contributed by atoms with van der Waals surface area (Å²) in [7, 11) is 5.62. The molecule has 0 radical (unpaired) electrons. The lowest BCUT2D eigenvalue weighted by Crippen LogP contribution is -2.45. The molecular formula is C14H21N5O2. The largest absolute Gasteiger partial charge is 0.481 e. The minimum Gasteiger partial charge on any atom is -0.481 e. The number of hydrogen-bond donors (Lipinski definition) is 0. The van der Waals surface area contributed by atoms with Crippen LogP contribution in [0.25, 0.3) is 0 Å². The standard InChI is InChI=1S/C14H21N5O2/c1-18(2)12-9-14(21-17-12)4-6-19(7-5-14)11-8-13(20-3)16-10-15-11/h8,10H,4-7,9H2,1-3H3. The topological polar surface area (TPSA) is 63.1 Å². The van der Waals surface area contributed by atoms with Crippen LogP contribution in [0.1, 0.15) is 19.3 Å². The predicted molar refractivity (Wildman–Crippen MR) is 79.6 cm³/mol. The minimum absolute atomic E-state index is 0.132. The third kappa shape index (κ3) is 2.72. The molecule has 0 saturated carbocycles. The predicted octanol–water partition coefficient (Wildman–Crippen LogP) is 1.12. The van der Waals surface area contributed by atoms with Gasteiger partial charge < -0.3 is 19.4 Å². The fourth-order valence-corrected chi connectivity index (χ4v) is 2.77. The molecule has 1 spiro atoms. The van der Waals surface area contributed by atoms with Gasteiger partial charge in [-0.25, -0.2) is 9.97 Å². The number of amidine groups is 1. The van der Waals surface area contributed by atoms with E-state index >= 15 is 0 Å². The maximum atomic E-state index is 5.75. The van der Waals surface area contributed by atoms with Crippen molar-refractivity contribution in [2.24, 2.45) is 5.16 Å². The number of aromatic nitrogens is 2. The van der Waals surface area contributed by atoms with Crippen LogP contribution in [0.15, 0.2) is 17.5 Å². The number of oxime groups is 1. The van der Waals surface area contributed by atoms with Gasteiger partial charge in [0.05, 0.1) is 13.5 Å². The number of methoxy groups -OCH3 is 1. The van der Waals surface area contributed by atoms with Crippen molar-refractivity contribution in [2.75, 3.05) is 39.2 Å². The minimum atomic E-state index is -0.132. The first kappa shape index (κ1) is 13.9. The van der Waals surface area contributed by atoms with E-state index in [0.29, 0.717) is 5.88 Å². The molecule has 2 aliphatic rings. The van der Waals surface area contributed by atoms with Gasteiger partial charge in [-0.1, -0.05) is 5.16 Å². The number of hydrogen-bond acceptors (Lipinski definition) is 7. The monoisotopic (exact) mass is 291 g/mol. The van der Waals surface area contributed by atoms with Crippen LogP contribution in [-0.4, -0.2) is 60.6 Å². The van der Waals surface area contributed by atoms with Gasteiger partial charge in [-0.15, -0.1) is 0 Å². The normalized spacial score (nSPS) is 20.1. The van der Waals surface area contributed by atoms with E-state index in [-0.39, 0.29) is 5.60 Å². The average Bonchev–Trinajstić information content (AvgIpc) is 2.92. The molecule has 21 heavy (non-hydrogen) atoms. The molecule has 1 fully saturated rings. The molecule has 0 N–H and O–H groups in total. The van der Waals surface area contributed by atoms with Crippen molar-refractivity contribution in [3.05, 3.63) is 12.4 Å². The molecule has 0 atom stereocenters. The van der Waals surface area contributed by atoms with Crippen LogP contribution in [0, 0.1) is 0 Å². The highest BCUT2D eigenvalue weighted by Gasteiger charge is 2.42. The van der Waals surface area contributed by atoms with Crippen LogP contribution in [0.4, 0.5) is 5.82 Å². The molecule has 114 valence electrons. The van der Waals surface area contributed by atoms with Gasteiger partial charge in [0.15, 0.2) is 0 Å². The first-order valence-electron chi connectivity index (χ1n) is 7.15. The lowest BCUT2D eigenvalue weighted by molar-refractivity contribution is -0.0360. The molecule has 3 heterocycles. The summed E-state index contributed by atoms with van der Waals surface area (Å²) in [5.74, 6) is 2.52. The highest BCUT2D eigenvalue weighted by Crippen LogP contribution is 2.36. The lowest BCUT2D eigenvalue weighted by Gasteiger charge is -2.37. The lowest BCUT2D eigenvalue weighted by atomic mass is 9.88. The van der Waals surface area contributed by atoms with Gasteiger partial charge in [0.2, 0.25) is 5.88 Å².